The zero-order valence-corrected chi connectivity index (χ0v) is 32.4. The average Bonchev–Trinajstić information content (AvgIpc) is 3.20. The Hall–Kier alpha value is -4.71. The lowest BCUT2D eigenvalue weighted by atomic mass is 9.75. The van der Waals surface area contributed by atoms with E-state index in [1.54, 1.807) is 121 Å². The summed E-state index contributed by atoms with van der Waals surface area (Å²) in [4.78, 5) is 16.9. The summed E-state index contributed by atoms with van der Waals surface area (Å²) >= 11 is 0. The van der Waals surface area contributed by atoms with Crippen molar-refractivity contribution in [3.8, 4) is 0 Å². The van der Waals surface area contributed by atoms with Gasteiger partial charge in [-0.2, -0.15) is 0 Å². The first-order chi connectivity index (χ1) is 28.2. The molecule has 0 aliphatic carbocycles. The molecule has 12 atom stereocenters. The molecule has 2 aliphatic rings. The van der Waals surface area contributed by atoms with Crippen LogP contribution in [0, 0.1) is 0 Å². The van der Waals surface area contributed by atoms with Crippen molar-refractivity contribution in [3.63, 3.8) is 0 Å². The molecule has 59 heavy (non-hydrogen) atoms. The summed E-state index contributed by atoms with van der Waals surface area (Å²) < 4.78 is 36.8. The average molecular weight is 833 g/mol. The van der Waals surface area contributed by atoms with Crippen LogP contribution >= 0.6 is 7.82 Å². The van der Waals surface area contributed by atoms with Crippen molar-refractivity contribution in [2.45, 2.75) is 98.2 Å². The number of benzene rings is 4. The van der Waals surface area contributed by atoms with Crippen LogP contribution < -0.4 is 0 Å². The minimum atomic E-state index is -5.58. The first-order valence-corrected chi connectivity index (χ1v) is 20.2. The van der Waals surface area contributed by atoms with Gasteiger partial charge < -0.3 is 45.0 Å². The molecule has 3 unspecified atom stereocenters. The predicted molar refractivity (Wildman–Crippen MR) is 209 cm³/mol. The van der Waals surface area contributed by atoms with Gasteiger partial charge in [-0.05, 0) is 33.3 Å². The number of hydrogen-bond acceptors (Lipinski definition) is 13. The molecule has 19 heteroatoms. The number of phosphoric ester groups is 1. The topological polar surface area (TPSA) is 293 Å². The second kappa shape index (κ2) is 18.7. The molecule has 0 spiro atoms. The summed E-state index contributed by atoms with van der Waals surface area (Å²) in [6.07, 6.45) is -15.0. The lowest BCUT2D eigenvalue weighted by Crippen LogP contribution is -2.70. The summed E-state index contributed by atoms with van der Waals surface area (Å²) in [5, 5.41) is 78.2. The van der Waals surface area contributed by atoms with Crippen molar-refractivity contribution in [3.05, 3.63) is 164 Å². The minimum Gasteiger partial charge on any atom is -0.390 e. The summed E-state index contributed by atoms with van der Waals surface area (Å²) in [5.74, 6) is 0. The Balaban J connectivity index is 1.34. The number of aliphatic hydroxyl groups excluding tert-OH is 3. The summed E-state index contributed by atoms with van der Waals surface area (Å²) in [7, 11) is -5.58. The molecule has 2 saturated heterocycles. The molecular weight excluding hydrogens is 787 g/mol. The molecule has 2 heterocycles. The molecule has 2 fully saturated rings. The Bertz CT molecular complexity index is 2140. The molecule has 6 rings (SSSR count). The maximum atomic E-state index is 14.1. The van der Waals surface area contributed by atoms with E-state index in [9.17, 15) is 51.2 Å². The fourth-order valence-electron chi connectivity index (χ4n) is 7.74. The van der Waals surface area contributed by atoms with Crippen molar-refractivity contribution in [2.75, 3.05) is 0 Å². The van der Waals surface area contributed by atoms with Crippen LogP contribution in [0.2, 0.25) is 0 Å². The van der Waals surface area contributed by atoms with Gasteiger partial charge in [0.2, 0.25) is 5.72 Å². The molecule has 18 nitrogen and oxygen atoms in total. The fourth-order valence-corrected chi connectivity index (χ4v) is 8.63. The molecule has 7 N–H and O–H groups in total. The molecule has 312 valence electrons. The molecule has 0 aromatic heterocycles. The Morgan fingerprint density at radius 3 is 1.73 bits per heavy atom. The van der Waals surface area contributed by atoms with Crippen molar-refractivity contribution in [1.29, 1.82) is 0 Å². The van der Waals surface area contributed by atoms with Crippen molar-refractivity contribution < 1.29 is 58.6 Å². The highest BCUT2D eigenvalue weighted by Gasteiger charge is 2.63. The zero-order valence-electron chi connectivity index (χ0n) is 31.5. The molecule has 0 radical (unpaired) electrons. The van der Waals surface area contributed by atoms with Crippen LogP contribution in [0.25, 0.3) is 20.9 Å². The summed E-state index contributed by atoms with van der Waals surface area (Å²) in [6.45, 7) is 0. The fraction of sp³-hybridized carbons (Fsp3) is 0.400. The highest BCUT2D eigenvalue weighted by molar-refractivity contribution is 7.47. The number of ether oxygens (including phenoxy) is 2. The van der Waals surface area contributed by atoms with E-state index in [4.69, 9.17) is 18.5 Å². The van der Waals surface area contributed by atoms with E-state index in [-0.39, 0.29) is 12.8 Å². The van der Waals surface area contributed by atoms with Gasteiger partial charge in [-0.15, -0.1) is 0 Å². The van der Waals surface area contributed by atoms with E-state index in [1.807, 2.05) is 0 Å². The molecule has 4 aromatic rings. The van der Waals surface area contributed by atoms with Crippen molar-refractivity contribution >= 4 is 7.82 Å². The Morgan fingerprint density at radius 1 is 0.729 bits per heavy atom. The maximum absolute atomic E-state index is 14.1. The van der Waals surface area contributed by atoms with Gasteiger partial charge >= 0.3 is 7.82 Å². The van der Waals surface area contributed by atoms with Crippen LogP contribution in [0.3, 0.4) is 0 Å². The number of phosphoric acid groups is 1. The van der Waals surface area contributed by atoms with E-state index < -0.39 is 93.2 Å². The van der Waals surface area contributed by atoms with E-state index >= 15 is 0 Å². The van der Waals surface area contributed by atoms with Crippen LogP contribution in [-0.4, -0.2) is 102 Å². The molecule has 0 bridgehead atoms. The Labute approximate surface area is 338 Å². The third-order valence-electron chi connectivity index (χ3n) is 10.6. The zero-order chi connectivity index (χ0) is 42.3. The van der Waals surface area contributed by atoms with E-state index in [0.717, 1.165) is 0 Å². The molecular formula is C40H45N6O12P. The van der Waals surface area contributed by atoms with Gasteiger partial charge in [-0.3, -0.25) is 9.05 Å². The van der Waals surface area contributed by atoms with Crippen LogP contribution in [0.15, 0.2) is 132 Å². The monoisotopic (exact) mass is 832 g/mol. The van der Waals surface area contributed by atoms with Gasteiger partial charge in [0.15, 0.2) is 12.6 Å². The quantitative estimate of drug-likeness (QED) is 0.0363. The normalized spacial score (nSPS) is 31.4. The van der Waals surface area contributed by atoms with Gasteiger partial charge in [-0.1, -0.05) is 132 Å². The van der Waals surface area contributed by atoms with E-state index in [2.05, 4.69) is 20.1 Å². The van der Waals surface area contributed by atoms with Crippen LogP contribution in [0.5, 0.6) is 0 Å². The largest absolute Gasteiger partial charge is 0.476 e. The SMILES string of the molecule is [N-]=[N+]=N[C@@H]1[C@H](OP(=O)(O)O[C@H]2C[C@](O)(Cc3ccccc3)[C@@](O)(N=[N+]=[N-])[C@@H](C(O)Cc3ccccc3)O2)O[C@H](C(O)Cc2ccccc2)[C@@H](O)[C@@]1(O)Cc1ccccc1. The minimum absolute atomic E-state index is 0.104. The number of hydrogen-bond donors (Lipinski definition) is 7. The predicted octanol–water partition coefficient (Wildman–Crippen LogP) is 4.15. The second-order valence-corrected chi connectivity index (χ2v) is 16.1. The summed E-state index contributed by atoms with van der Waals surface area (Å²) in [5.41, 5.74) is 13.4. The van der Waals surface area contributed by atoms with Crippen LogP contribution in [-0.2, 0) is 48.8 Å². The van der Waals surface area contributed by atoms with Crippen molar-refractivity contribution in [2.24, 2.45) is 10.2 Å². The molecule has 0 amide bonds. The van der Waals surface area contributed by atoms with Gasteiger partial charge in [0.05, 0.1) is 12.2 Å². The smallest absolute Gasteiger partial charge is 0.390 e. The molecule has 2 aliphatic heterocycles. The first-order valence-electron chi connectivity index (χ1n) is 18.7. The van der Waals surface area contributed by atoms with Gasteiger partial charge in [0.25, 0.3) is 0 Å². The maximum Gasteiger partial charge on any atom is 0.476 e. The van der Waals surface area contributed by atoms with Crippen LogP contribution in [0.1, 0.15) is 28.7 Å². The number of aliphatic hydroxyl groups is 6. The number of nitrogens with zero attached hydrogens (tertiary/aromatic N) is 6. The second-order valence-electron chi connectivity index (χ2n) is 14.7. The standard InChI is InChI=1S/C40H45N6O12P/c41-45-43-34-37(56-33(30(47)21-26-13-5-1-6-14-26)35(49)39(34,51)24-29-19-11-4-12-20-29)58-59(53,54)57-32-25-38(50,23-28-17-9-3-10-18-28)40(52,44-46-42)36(55-32)31(48)22-27-15-7-2-8-16-27/h1-20,30-37,47-52H,21-25H2,(H,53,54)/t30?,31?,32-,33+,34+,35+,36+,37-,38+,39+,40+/m0/s1. The van der Waals surface area contributed by atoms with Crippen molar-refractivity contribution in [1.82, 2.24) is 0 Å². The van der Waals surface area contributed by atoms with E-state index in [0.29, 0.717) is 22.3 Å². The van der Waals surface area contributed by atoms with Gasteiger partial charge in [-0.25, -0.2) is 4.57 Å². The van der Waals surface area contributed by atoms with Gasteiger partial charge in [0, 0.05) is 41.9 Å². The Morgan fingerprint density at radius 2 is 1.22 bits per heavy atom. The third kappa shape index (κ3) is 10.0. The lowest BCUT2D eigenvalue weighted by molar-refractivity contribution is -0.323. The highest BCUT2D eigenvalue weighted by Crippen LogP contribution is 2.53. The molecule has 4 aromatic carbocycles. The number of azide groups is 2. The van der Waals surface area contributed by atoms with Gasteiger partial charge in [0.1, 0.15) is 35.6 Å². The third-order valence-corrected chi connectivity index (χ3v) is 11.6. The summed E-state index contributed by atoms with van der Waals surface area (Å²) in [6, 6.07) is 31.7. The highest BCUT2D eigenvalue weighted by atomic mass is 31.2. The Kier molecular flexibility index (Phi) is 13.9. The van der Waals surface area contributed by atoms with E-state index in [1.165, 1.54) is 0 Å². The lowest BCUT2D eigenvalue weighted by Gasteiger charge is -2.52. The first kappa shape index (κ1) is 43.9. The molecule has 0 saturated carbocycles. The number of rotatable bonds is 16. The van der Waals surface area contributed by atoms with Crippen LogP contribution in [0.4, 0.5) is 0 Å².